The molecule has 0 aliphatic carbocycles. The third-order valence-electron chi connectivity index (χ3n) is 2.24. The van der Waals surface area contributed by atoms with Crippen LogP contribution in [0.5, 0.6) is 0 Å². The van der Waals surface area contributed by atoms with E-state index in [1.165, 1.54) is 0 Å². The number of piperazine rings is 1. The number of unbranched alkanes of at least 4 members (excludes halogenated alkanes) is 1. The Morgan fingerprint density at radius 2 is 2.28 bits per heavy atom. The zero-order valence-electron chi connectivity index (χ0n) is 10.6. The van der Waals surface area contributed by atoms with Crippen LogP contribution in [-0.2, 0) is 9.63 Å². The summed E-state index contributed by atoms with van der Waals surface area (Å²) in [4.78, 5) is 23.7. The first kappa shape index (κ1) is 16.6. The fourth-order valence-corrected chi connectivity index (χ4v) is 1.35. The van der Waals surface area contributed by atoms with Crippen molar-refractivity contribution in [2.24, 2.45) is 0 Å². The van der Waals surface area contributed by atoms with Crippen molar-refractivity contribution in [3.63, 3.8) is 0 Å². The van der Waals surface area contributed by atoms with Gasteiger partial charge in [0, 0.05) is 25.7 Å². The predicted molar refractivity (Wildman–Crippen MR) is 64.8 cm³/mol. The molecule has 0 saturated carbocycles. The van der Waals surface area contributed by atoms with Crippen molar-refractivity contribution < 1.29 is 19.8 Å². The van der Waals surface area contributed by atoms with Crippen LogP contribution in [0.1, 0.15) is 26.2 Å². The molecule has 0 aromatic carbocycles. The number of carboxylic acids is 1. The average molecular weight is 263 g/mol. The number of hydrogen-bond donors (Lipinski definition) is 3. The molecule has 0 bridgehead atoms. The normalized spacial score (nSPS) is 18.4. The van der Waals surface area contributed by atoms with Crippen molar-refractivity contribution in [1.82, 2.24) is 10.6 Å². The molecule has 1 heterocycles. The van der Waals surface area contributed by atoms with Crippen LogP contribution in [0.2, 0.25) is 0 Å². The predicted octanol–water partition coefficient (Wildman–Crippen LogP) is 0.0173. The summed E-state index contributed by atoms with van der Waals surface area (Å²) >= 11 is 0. The van der Waals surface area contributed by atoms with Crippen LogP contribution in [0.3, 0.4) is 0 Å². The monoisotopic (exact) mass is 263 g/mol. The van der Waals surface area contributed by atoms with Gasteiger partial charge in [-0.15, -0.1) is 10.1 Å². The van der Waals surface area contributed by atoms with Crippen LogP contribution in [0.25, 0.3) is 0 Å². The van der Waals surface area contributed by atoms with E-state index in [2.05, 4.69) is 15.5 Å². The number of rotatable bonds is 6. The molecule has 0 aromatic rings. The van der Waals surface area contributed by atoms with Crippen LogP contribution in [0.15, 0.2) is 0 Å². The SMILES string of the molecule is CCCCO[N+](=O)[O-].O=C(O)CC1CNCCN1. The number of nitrogens with one attached hydrogen (secondary N) is 2. The molecule has 0 radical (unpaired) electrons. The topological polar surface area (TPSA) is 114 Å². The zero-order valence-corrected chi connectivity index (χ0v) is 10.6. The lowest BCUT2D eigenvalue weighted by Gasteiger charge is -2.22. The van der Waals surface area contributed by atoms with E-state index in [-0.39, 0.29) is 19.1 Å². The van der Waals surface area contributed by atoms with Gasteiger partial charge in [-0.1, -0.05) is 13.3 Å². The largest absolute Gasteiger partial charge is 0.481 e. The molecule has 1 saturated heterocycles. The summed E-state index contributed by atoms with van der Waals surface area (Å²) < 4.78 is 0. The molecule has 106 valence electrons. The van der Waals surface area contributed by atoms with Gasteiger partial charge in [-0.3, -0.25) is 4.79 Å². The van der Waals surface area contributed by atoms with Crippen molar-refractivity contribution >= 4 is 5.97 Å². The average Bonchev–Trinajstić information content (AvgIpc) is 2.30. The molecular weight excluding hydrogens is 242 g/mol. The quantitative estimate of drug-likeness (QED) is 0.351. The second kappa shape index (κ2) is 10.7. The van der Waals surface area contributed by atoms with Gasteiger partial charge in [0.1, 0.15) is 0 Å². The molecule has 0 spiro atoms. The van der Waals surface area contributed by atoms with Gasteiger partial charge in [0.2, 0.25) is 0 Å². The highest BCUT2D eigenvalue weighted by atomic mass is 16.9. The van der Waals surface area contributed by atoms with Gasteiger partial charge in [-0.2, -0.15) is 0 Å². The van der Waals surface area contributed by atoms with Gasteiger partial charge in [0.25, 0.3) is 5.09 Å². The third-order valence-corrected chi connectivity index (χ3v) is 2.24. The van der Waals surface area contributed by atoms with Gasteiger partial charge < -0.3 is 20.6 Å². The zero-order chi connectivity index (χ0) is 13.8. The number of carboxylic acid groups (broad SMARTS) is 1. The van der Waals surface area contributed by atoms with Crippen LogP contribution in [0.4, 0.5) is 0 Å². The molecule has 0 aromatic heterocycles. The van der Waals surface area contributed by atoms with Crippen LogP contribution < -0.4 is 10.6 Å². The number of carbonyl (C=O) groups is 1. The Morgan fingerprint density at radius 3 is 2.72 bits per heavy atom. The van der Waals surface area contributed by atoms with E-state index in [1.54, 1.807) is 0 Å². The highest BCUT2D eigenvalue weighted by molar-refractivity contribution is 5.67. The molecule has 1 fully saturated rings. The van der Waals surface area contributed by atoms with Crippen LogP contribution in [0, 0.1) is 10.1 Å². The molecule has 1 aliphatic heterocycles. The molecule has 8 nitrogen and oxygen atoms in total. The maximum Gasteiger partial charge on any atom is 0.304 e. The van der Waals surface area contributed by atoms with E-state index in [9.17, 15) is 14.9 Å². The van der Waals surface area contributed by atoms with E-state index in [4.69, 9.17) is 5.11 Å². The molecule has 1 atom stereocenters. The first-order chi connectivity index (χ1) is 8.56. The Kier molecular flexibility index (Phi) is 9.89. The highest BCUT2D eigenvalue weighted by Gasteiger charge is 2.14. The summed E-state index contributed by atoms with van der Waals surface area (Å²) in [5.41, 5.74) is 0. The maximum absolute atomic E-state index is 10.2. The smallest absolute Gasteiger partial charge is 0.304 e. The molecule has 0 amide bonds. The maximum atomic E-state index is 10.2. The lowest BCUT2D eigenvalue weighted by molar-refractivity contribution is -0.757. The summed E-state index contributed by atoms with van der Waals surface area (Å²) in [7, 11) is 0. The minimum Gasteiger partial charge on any atom is -0.481 e. The summed E-state index contributed by atoms with van der Waals surface area (Å²) in [5, 5.41) is 23.3. The Morgan fingerprint density at radius 1 is 1.56 bits per heavy atom. The molecule has 8 heteroatoms. The van der Waals surface area contributed by atoms with Gasteiger partial charge in [0.15, 0.2) is 0 Å². The third kappa shape index (κ3) is 11.1. The minimum absolute atomic E-state index is 0.117. The Balaban J connectivity index is 0.000000331. The minimum atomic E-state index is -0.768. The van der Waals surface area contributed by atoms with Crippen LogP contribution in [-0.4, -0.2) is 48.4 Å². The fourth-order valence-electron chi connectivity index (χ4n) is 1.35. The molecule has 3 N–H and O–H groups in total. The fraction of sp³-hybridized carbons (Fsp3) is 0.900. The van der Waals surface area contributed by atoms with E-state index in [0.717, 1.165) is 32.5 Å². The van der Waals surface area contributed by atoms with Crippen LogP contribution >= 0.6 is 0 Å². The van der Waals surface area contributed by atoms with E-state index < -0.39 is 11.1 Å². The van der Waals surface area contributed by atoms with Crippen molar-refractivity contribution in [2.45, 2.75) is 32.2 Å². The Hall–Kier alpha value is -1.41. The summed E-state index contributed by atoms with van der Waals surface area (Å²) in [6.45, 7) is 4.76. The second-order valence-electron chi connectivity index (χ2n) is 3.86. The molecule has 1 rings (SSSR count). The highest BCUT2D eigenvalue weighted by Crippen LogP contribution is 1.92. The molecule has 1 aliphatic rings. The van der Waals surface area contributed by atoms with Crippen molar-refractivity contribution in [3.8, 4) is 0 Å². The summed E-state index contributed by atoms with van der Waals surface area (Å²) in [6.07, 6.45) is 1.89. The number of aliphatic carboxylic acids is 1. The Labute approximate surface area is 106 Å². The van der Waals surface area contributed by atoms with Gasteiger partial charge in [0.05, 0.1) is 13.0 Å². The van der Waals surface area contributed by atoms with E-state index in [1.807, 2.05) is 6.92 Å². The molecular formula is C10H21N3O5. The van der Waals surface area contributed by atoms with E-state index in [0.29, 0.717) is 0 Å². The summed E-state index contributed by atoms with van der Waals surface area (Å²) in [6, 6.07) is 0.117. The second-order valence-corrected chi connectivity index (χ2v) is 3.86. The number of nitrogens with zero attached hydrogens (tertiary/aromatic N) is 1. The van der Waals surface area contributed by atoms with Crippen molar-refractivity contribution in [1.29, 1.82) is 0 Å². The lowest BCUT2D eigenvalue weighted by atomic mass is 10.2. The van der Waals surface area contributed by atoms with E-state index >= 15 is 0 Å². The molecule has 18 heavy (non-hydrogen) atoms. The Bertz CT molecular complexity index is 244. The lowest BCUT2D eigenvalue weighted by Crippen LogP contribution is -2.49. The standard InChI is InChI=1S/C6H12N2O2.C4H9NO3/c9-6(10)3-5-4-7-1-2-8-5;1-2-3-4-8-5(6)7/h5,7-8H,1-4H2,(H,9,10);2-4H2,1H3. The van der Waals surface area contributed by atoms with Crippen molar-refractivity contribution in [2.75, 3.05) is 26.2 Å². The van der Waals surface area contributed by atoms with Crippen molar-refractivity contribution in [3.05, 3.63) is 10.1 Å². The first-order valence-electron chi connectivity index (χ1n) is 5.99. The number of hydrogen-bond acceptors (Lipinski definition) is 6. The first-order valence-corrected chi connectivity index (χ1v) is 5.99. The van der Waals surface area contributed by atoms with Gasteiger partial charge in [-0.25, -0.2) is 0 Å². The summed E-state index contributed by atoms with van der Waals surface area (Å²) in [5.74, 6) is -0.735. The van der Waals surface area contributed by atoms with Gasteiger partial charge in [-0.05, 0) is 6.42 Å². The molecule has 1 unspecified atom stereocenters. The van der Waals surface area contributed by atoms with Gasteiger partial charge >= 0.3 is 5.97 Å².